The smallest absolute Gasteiger partial charge is 0.185 e. The monoisotopic (exact) mass is 373 g/mol. The Morgan fingerprint density at radius 1 is 1.28 bits per heavy atom. The molecule has 0 saturated heterocycles. The fourth-order valence-corrected chi connectivity index (χ4v) is 3.08. The van der Waals surface area contributed by atoms with Crippen molar-refractivity contribution in [2.45, 2.75) is 12.8 Å². The van der Waals surface area contributed by atoms with Gasteiger partial charge < -0.3 is 9.84 Å². The Morgan fingerprint density at radius 3 is 2.84 bits per heavy atom. The summed E-state index contributed by atoms with van der Waals surface area (Å²) in [5.41, 5.74) is 2.83. The molecule has 7 heteroatoms. The molecule has 0 unspecified atom stereocenters. The zero-order chi connectivity index (χ0) is 17.8. The van der Waals surface area contributed by atoms with Gasteiger partial charge in [-0.15, -0.1) is 21.4 Å². The second kappa shape index (κ2) is 7.68. The number of aryl methyl sites for hydroxylation is 1. The fraction of sp³-hybridized carbons (Fsp3) is 0.222. The summed E-state index contributed by atoms with van der Waals surface area (Å²) in [6.45, 7) is 0. The van der Waals surface area contributed by atoms with Crippen LogP contribution in [0.4, 0.5) is 0 Å². The van der Waals surface area contributed by atoms with E-state index in [1.807, 2.05) is 12.1 Å². The van der Waals surface area contributed by atoms with Crippen molar-refractivity contribution >= 4 is 34.4 Å². The van der Waals surface area contributed by atoms with Gasteiger partial charge in [0.25, 0.3) is 0 Å². The van der Waals surface area contributed by atoms with Crippen LogP contribution >= 0.6 is 23.4 Å². The second-order valence-electron chi connectivity index (χ2n) is 5.36. The Morgan fingerprint density at radius 2 is 2.08 bits per heavy atom. The average Bonchev–Trinajstić information content (AvgIpc) is 3.02. The summed E-state index contributed by atoms with van der Waals surface area (Å²) >= 11 is 7.45. The molecular formula is C18H16ClN3O2S. The molecule has 1 heterocycles. The Labute approximate surface area is 154 Å². The van der Waals surface area contributed by atoms with Gasteiger partial charge in [-0.05, 0) is 54.0 Å². The summed E-state index contributed by atoms with van der Waals surface area (Å²) < 4.78 is 5.29. The summed E-state index contributed by atoms with van der Waals surface area (Å²) in [5, 5.41) is 22.4. The van der Waals surface area contributed by atoms with Crippen LogP contribution in [-0.2, 0) is 6.42 Å². The minimum atomic E-state index is -0.00403. The summed E-state index contributed by atoms with van der Waals surface area (Å²) in [5.74, 6) is 1.25. The van der Waals surface area contributed by atoms with E-state index in [9.17, 15) is 5.11 Å². The first-order valence-corrected chi connectivity index (χ1v) is 8.99. The first-order chi connectivity index (χ1) is 12.1. The van der Waals surface area contributed by atoms with Gasteiger partial charge in [0.05, 0.1) is 7.11 Å². The lowest BCUT2D eigenvalue weighted by Crippen LogP contribution is -2.02. The number of aromatic hydroxyl groups is 1. The average molecular weight is 374 g/mol. The Bertz CT molecular complexity index is 949. The van der Waals surface area contributed by atoms with Crippen LogP contribution in [0.3, 0.4) is 0 Å². The van der Waals surface area contributed by atoms with Crippen LogP contribution in [0.25, 0.3) is 16.7 Å². The van der Waals surface area contributed by atoms with Gasteiger partial charge in [-0.3, -0.25) is 0 Å². The molecule has 0 atom stereocenters. The van der Waals surface area contributed by atoms with Crippen molar-refractivity contribution < 1.29 is 9.84 Å². The predicted molar refractivity (Wildman–Crippen MR) is 102 cm³/mol. The predicted octanol–water partition coefficient (Wildman–Crippen LogP) is 4.04. The molecule has 0 amide bonds. The van der Waals surface area contributed by atoms with Crippen LogP contribution in [0.2, 0.25) is 5.02 Å². The minimum Gasteiger partial charge on any atom is -0.503 e. The molecule has 0 fully saturated rings. The Hall–Kier alpha value is -2.36. The number of thioether (sulfide) groups is 1. The summed E-state index contributed by atoms with van der Waals surface area (Å²) in [4.78, 5) is 1.40. The van der Waals surface area contributed by atoms with E-state index in [-0.39, 0.29) is 5.75 Å². The summed E-state index contributed by atoms with van der Waals surface area (Å²) in [6.07, 6.45) is 6.99. The van der Waals surface area contributed by atoms with Crippen LogP contribution in [0.5, 0.6) is 11.5 Å². The first kappa shape index (κ1) is 17.5. The number of methoxy groups -OCH3 is 1. The highest BCUT2D eigenvalue weighted by molar-refractivity contribution is 8.03. The lowest BCUT2D eigenvalue weighted by atomic mass is 10.1. The van der Waals surface area contributed by atoms with Crippen LogP contribution in [-0.4, -0.2) is 33.0 Å². The molecule has 1 aromatic heterocycles. The van der Waals surface area contributed by atoms with E-state index >= 15 is 0 Å². The van der Waals surface area contributed by atoms with Gasteiger partial charge in [0.2, 0.25) is 0 Å². The number of aromatic nitrogens is 3. The normalized spacial score (nSPS) is 10.8. The highest BCUT2D eigenvalue weighted by atomic mass is 35.5. The SMILES string of the molecule is C#CSCCCc1cc(OC)c(O)c(-n2nc3ccc(Cl)cc3n2)c1. The quantitative estimate of drug-likeness (QED) is 0.522. The number of phenols is 1. The zero-order valence-corrected chi connectivity index (χ0v) is 15.1. The third kappa shape index (κ3) is 3.84. The molecule has 0 radical (unpaired) electrons. The van der Waals surface area contributed by atoms with Crippen LogP contribution in [0.1, 0.15) is 12.0 Å². The largest absolute Gasteiger partial charge is 0.503 e. The molecule has 0 aliphatic carbocycles. The molecule has 0 saturated carbocycles. The number of phenolic OH excluding ortho intramolecular Hbond substituents is 1. The fourth-order valence-electron chi connectivity index (χ4n) is 2.50. The van der Waals surface area contributed by atoms with Gasteiger partial charge in [0, 0.05) is 10.8 Å². The zero-order valence-electron chi connectivity index (χ0n) is 13.6. The minimum absolute atomic E-state index is 0.00403. The topological polar surface area (TPSA) is 60.2 Å². The number of benzene rings is 2. The third-order valence-electron chi connectivity index (χ3n) is 3.69. The molecule has 0 aliphatic rings. The lowest BCUT2D eigenvalue weighted by molar-refractivity contribution is 0.370. The summed E-state index contributed by atoms with van der Waals surface area (Å²) in [7, 11) is 1.52. The molecule has 0 bridgehead atoms. The molecule has 0 spiro atoms. The van der Waals surface area contributed by atoms with Crippen molar-refractivity contribution in [1.82, 2.24) is 15.0 Å². The summed E-state index contributed by atoms with van der Waals surface area (Å²) in [6, 6.07) is 8.95. The van der Waals surface area contributed by atoms with Crippen molar-refractivity contribution in [2.75, 3.05) is 12.9 Å². The number of nitrogens with zero attached hydrogens (tertiary/aromatic N) is 3. The molecular weight excluding hydrogens is 358 g/mol. The molecule has 3 rings (SSSR count). The van der Waals surface area contributed by atoms with E-state index in [4.69, 9.17) is 22.8 Å². The maximum absolute atomic E-state index is 10.5. The van der Waals surface area contributed by atoms with Crippen molar-refractivity contribution in [3.63, 3.8) is 0 Å². The molecule has 2 aromatic carbocycles. The molecule has 5 nitrogen and oxygen atoms in total. The van der Waals surface area contributed by atoms with E-state index in [2.05, 4.69) is 15.4 Å². The maximum atomic E-state index is 10.5. The van der Waals surface area contributed by atoms with Crippen molar-refractivity contribution in [1.29, 1.82) is 0 Å². The van der Waals surface area contributed by atoms with Gasteiger partial charge in [-0.1, -0.05) is 23.4 Å². The van der Waals surface area contributed by atoms with Gasteiger partial charge in [-0.25, -0.2) is 0 Å². The van der Waals surface area contributed by atoms with Gasteiger partial charge in [0.1, 0.15) is 16.7 Å². The first-order valence-electron chi connectivity index (χ1n) is 7.62. The lowest BCUT2D eigenvalue weighted by Gasteiger charge is -2.11. The van der Waals surface area contributed by atoms with Crippen molar-refractivity contribution in [3.8, 4) is 28.9 Å². The van der Waals surface area contributed by atoms with E-state index in [1.54, 1.807) is 18.2 Å². The maximum Gasteiger partial charge on any atom is 0.185 e. The number of rotatable bonds is 6. The van der Waals surface area contributed by atoms with Crippen LogP contribution in [0.15, 0.2) is 30.3 Å². The van der Waals surface area contributed by atoms with Crippen LogP contribution in [0, 0.1) is 11.7 Å². The van der Waals surface area contributed by atoms with E-state index in [1.165, 1.54) is 23.7 Å². The van der Waals surface area contributed by atoms with E-state index in [0.29, 0.717) is 27.5 Å². The van der Waals surface area contributed by atoms with Gasteiger partial charge >= 0.3 is 0 Å². The van der Waals surface area contributed by atoms with Crippen molar-refractivity contribution in [3.05, 3.63) is 40.9 Å². The van der Waals surface area contributed by atoms with E-state index in [0.717, 1.165) is 24.2 Å². The van der Waals surface area contributed by atoms with Gasteiger partial charge in [0.15, 0.2) is 11.5 Å². The molecule has 1 N–H and O–H groups in total. The molecule has 3 aromatic rings. The standard InChI is InChI=1S/C18H16ClN3O2S/c1-3-25-8-4-5-12-9-16(18(23)17(10-12)24-2)22-20-14-7-6-13(19)11-15(14)21-22/h1,6-7,9-11,23H,4-5,8H2,2H3. The third-order valence-corrected chi connectivity index (χ3v) is 4.58. The number of fused-ring (bicyclic) bond motifs is 1. The van der Waals surface area contributed by atoms with Gasteiger partial charge in [-0.2, -0.15) is 0 Å². The number of hydrogen-bond acceptors (Lipinski definition) is 5. The number of hydrogen-bond donors (Lipinski definition) is 1. The molecule has 25 heavy (non-hydrogen) atoms. The Balaban J connectivity index is 1.99. The Kier molecular flexibility index (Phi) is 5.37. The number of ether oxygens (including phenoxy) is 1. The number of halogens is 1. The highest BCUT2D eigenvalue weighted by Crippen LogP contribution is 2.34. The number of terminal acetylenes is 1. The van der Waals surface area contributed by atoms with E-state index < -0.39 is 0 Å². The second-order valence-corrected chi connectivity index (χ2v) is 6.73. The van der Waals surface area contributed by atoms with Crippen LogP contribution < -0.4 is 4.74 Å². The molecule has 128 valence electrons. The highest BCUT2D eigenvalue weighted by Gasteiger charge is 2.15. The molecule has 0 aliphatic heterocycles. The van der Waals surface area contributed by atoms with Crippen molar-refractivity contribution in [2.24, 2.45) is 0 Å².